The van der Waals surface area contributed by atoms with Crippen LogP contribution in [0, 0.1) is 12.3 Å². The lowest BCUT2D eigenvalue weighted by Gasteiger charge is -2.11. The van der Waals surface area contributed by atoms with Crippen LogP contribution in [0.2, 0.25) is 0 Å². The van der Waals surface area contributed by atoms with Crippen LogP contribution in [-0.4, -0.2) is 14.8 Å². The van der Waals surface area contributed by atoms with Gasteiger partial charge in [0.25, 0.3) is 0 Å². The maximum atomic E-state index is 7.95. The SMILES string of the molecule is Cc1ccc(-n2c3ccccc3c3ccc(-c4ccc5c(c4)c4ccccc4n5-c4ccc5ccccc5c4)cc32)cc1.N=C(/C=C(\N)c1ccccc1)c1ccccc1. The number of nitrogens with two attached hydrogens (primary N) is 1. The molecule has 0 bridgehead atoms. The van der Waals surface area contributed by atoms with E-state index in [0.717, 1.165) is 11.1 Å². The Labute approximate surface area is 349 Å². The van der Waals surface area contributed by atoms with Crippen molar-refractivity contribution in [3.8, 4) is 22.5 Å². The summed E-state index contributed by atoms with van der Waals surface area (Å²) in [6.07, 6.45) is 1.69. The second-order valence-electron chi connectivity index (χ2n) is 15.3. The zero-order valence-electron chi connectivity index (χ0n) is 33.3. The molecule has 0 amide bonds. The molecule has 60 heavy (non-hydrogen) atoms. The number of aromatic nitrogens is 2. The molecule has 0 saturated carbocycles. The highest BCUT2D eigenvalue weighted by atomic mass is 15.0. The van der Waals surface area contributed by atoms with Crippen molar-refractivity contribution in [2.75, 3.05) is 0 Å². The molecule has 0 atom stereocenters. The Morgan fingerprint density at radius 3 is 1.65 bits per heavy atom. The molecule has 0 saturated heterocycles. The third kappa shape index (κ3) is 6.70. The first kappa shape index (κ1) is 36.4. The Hall–Kier alpha value is -7.95. The fourth-order valence-corrected chi connectivity index (χ4v) is 8.44. The van der Waals surface area contributed by atoms with Gasteiger partial charge in [-0.05, 0) is 101 Å². The smallest absolute Gasteiger partial charge is 0.0632 e. The normalized spacial score (nSPS) is 11.7. The van der Waals surface area contributed by atoms with Crippen LogP contribution in [0.15, 0.2) is 218 Å². The van der Waals surface area contributed by atoms with E-state index in [1.165, 1.54) is 82.4 Å². The predicted molar refractivity (Wildman–Crippen MR) is 255 cm³/mol. The first-order chi connectivity index (χ1) is 29.5. The highest BCUT2D eigenvalue weighted by Crippen LogP contribution is 2.38. The number of rotatable bonds is 6. The van der Waals surface area contributed by atoms with E-state index in [0.29, 0.717) is 11.4 Å². The zero-order valence-corrected chi connectivity index (χ0v) is 33.3. The molecule has 286 valence electrons. The zero-order chi connectivity index (χ0) is 40.6. The maximum Gasteiger partial charge on any atom is 0.0632 e. The largest absolute Gasteiger partial charge is 0.398 e. The lowest BCUT2D eigenvalue weighted by atomic mass is 10.0. The maximum absolute atomic E-state index is 7.95. The topological polar surface area (TPSA) is 59.7 Å². The minimum Gasteiger partial charge on any atom is -0.398 e. The van der Waals surface area contributed by atoms with Crippen LogP contribution in [0.3, 0.4) is 0 Å². The summed E-state index contributed by atoms with van der Waals surface area (Å²) in [5, 5.41) is 15.5. The lowest BCUT2D eigenvalue weighted by Crippen LogP contribution is -2.02. The second kappa shape index (κ2) is 15.4. The van der Waals surface area contributed by atoms with Gasteiger partial charge in [-0.3, -0.25) is 0 Å². The molecule has 0 radical (unpaired) electrons. The molecule has 0 spiro atoms. The van der Waals surface area contributed by atoms with Gasteiger partial charge in [0.05, 0.1) is 27.8 Å². The third-order valence-corrected chi connectivity index (χ3v) is 11.5. The van der Waals surface area contributed by atoms with E-state index in [1.54, 1.807) is 6.08 Å². The molecular weight excluding hydrogens is 729 g/mol. The van der Waals surface area contributed by atoms with Crippen LogP contribution >= 0.6 is 0 Å². The Morgan fingerprint density at radius 2 is 0.933 bits per heavy atom. The van der Waals surface area contributed by atoms with E-state index in [1.807, 2.05) is 60.7 Å². The van der Waals surface area contributed by atoms with E-state index in [4.69, 9.17) is 11.1 Å². The third-order valence-electron chi connectivity index (χ3n) is 11.5. The van der Waals surface area contributed by atoms with Gasteiger partial charge in [-0.2, -0.15) is 0 Å². The van der Waals surface area contributed by atoms with Gasteiger partial charge < -0.3 is 20.3 Å². The number of para-hydroxylation sites is 2. The van der Waals surface area contributed by atoms with Crippen molar-refractivity contribution in [2.45, 2.75) is 6.92 Å². The van der Waals surface area contributed by atoms with Gasteiger partial charge >= 0.3 is 0 Å². The molecule has 2 aromatic heterocycles. The van der Waals surface area contributed by atoms with Crippen LogP contribution in [-0.2, 0) is 0 Å². The molecule has 11 rings (SSSR count). The average Bonchev–Trinajstić information content (AvgIpc) is 3.82. The van der Waals surface area contributed by atoms with Crippen LogP contribution in [0.4, 0.5) is 0 Å². The Bertz CT molecular complexity index is 3390. The number of benzene rings is 9. The van der Waals surface area contributed by atoms with Gasteiger partial charge in [0, 0.05) is 38.6 Å². The van der Waals surface area contributed by atoms with Gasteiger partial charge in [-0.15, -0.1) is 0 Å². The van der Waals surface area contributed by atoms with Crippen LogP contribution in [0.1, 0.15) is 16.7 Å². The van der Waals surface area contributed by atoms with Crippen molar-refractivity contribution in [2.24, 2.45) is 5.73 Å². The molecule has 0 aliphatic heterocycles. The van der Waals surface area contributed by atoms with E-state index < -0.39 is 0 Å². The minimum atomic E-state index is 0.423. The first-order valence-corrected chi connectivity index (χ1v) is 20.3. The van der Waals surface area contributed by atoms with Gasteiger partial charge in [-0.25, -0.2) is 0 Å². The summed E-state index contributed by atoms with van der Waals surface area (Å²) in [4.78, 5) is 0. The Morgan fingerprint density at radius 1 is 0.417 bits per heavy atom. The standard InChI is InChI=1S/C41H28N2.C15H14N2/c1-27-14-19-32(20-15-27)42-38-12-6-4-10-34(38)36-22-17-31(26-41(36)42)30-18-23-40-37(25-30)35-11-5-7-13-39(35)43(40)33-21-16-28-8-2-3-9-29(28)24-33;16-14(12-7-3-1-4-8-12)11-15(17)13-9-5-2-6-10-13/h2-26H,1H3;1-11,16H,17H2/b;15-11-,16-14?. The molecular formula is C56H42N4. The molecule has 0 aliphatic carbocycles. The lowest BCUT2D eigenvalue weighted by molar-refractivity contribution is 1.17. The van der Waals surface area contributed by atoms with Gasteiger partial charge in [0.15, 0.2) is 0 Å². The van der Waals surface area contributed by atoms with E-state index in [-0.39, 0.29) is 0 Å². The number of aryl methyl sites for hydroxylation is 1. The number of nitrogens with one attached hydrogen (secondary N) is 1. The molecule has 4 nitrogen and oxygen atoms in total. The van der Waals surface area contributed by atoms with Crippen molar-refractivity contribution in [3.63, 3.8) is 0 Å². The van der Waals surface area contributed by atoms with E-state index >= 15 is 0 Å². The van der Waals surface area contributed by atoms with Gasteiger partial charge in [-0.1, -0.05) is 163 Å². The summed E-state index contributed by atoms with van der Waals surface area (Å²) in [5.41, 5.74) is 19.7. The van der Waals surface area contributed by atoms with Crippen molar-refractivity contribution in [1.82, 2.24) is 9.13 Å². The number of hydrogen-bond acceptors (Lipinski definition) is 2. The predicted octanol–water partition coefficient (Wildman–Crippen LogP) is 14.1. The van der Waals surface area contributed by atoms with Crippen molar-refractivity contribution >= 4 is 65.8 Å². The average molecular weight is 771 g/mol. The number of fused-ring (bicyclic) bond motifs is 7. The van der Waals surface area contributed by atoms with Crippen molar-refractivity contribution in [1.29, 1.82) is 5.41 Å². The van der Waals surface area contributed by atoms with Crippen molar-refractivity contribution < 1.29 is 0 Å². The fraction of sp³-hybridized carbons (Fsp3) is 0.0179. The van der Waals surface area contributed by atoms with Crippen LogP contribution in [0.25, 0.3) is 82.6 Å². The summed E-state index contributed by atoms with van der Waals surface area (Å²) < 4.78 is 4.80. The fourth-order valence-electron chi connectivity index (χ4n) is 8.44. The summed E-state index contributed by atoms with van der Waals surface area (Å²) in [6.45, 7) is 2.14. The first-order valence-electron chi connectivity index (χ1n) is 20.3. The summed E-state index contributed by atoms with van der Waals surface area (Å²) in [7, 11) is 0. The summed E-state index contributed by atoms with van der Waals surface area (Å²) in [5.74, 6) is 0. The Balaban J connectivity index is 0.000000214. The highest BCUT2D eigenvalue weighted by Gasteiger charge is 2.16. The Kier molecular flexibility index (Phi) is 9.36. The molecule has 4 heteroatoms. The molecule has 2 heterocycles. The van der Waals surface area contributed by atoms with Crippen LogP contribution in [0.5, 0.6) is 0 Å². The van der Waals surface area contributed by atoms with Crippen molar-refractivity contribution in [3.05, 3.63) is 235 Å². The minimum absolute atomic E-state index is 0.423. The molecule has 3 N–H and O–H groups in total. The van der Waals surface area contributed by atoms with E-state index in [9.17, 15) is 0 Å². The quantitative estimate of drug-likeness (QED) is 0.163. The molecule has 11 aromatic rings. The number of hydrogen-bond donors (Lipinski definition) is 2. The molecule has 0 aliphatic rings. The summed E-state index contributed by atoms with van der Waals surface area (Å²) >= 11 is 0. The molecule has 0 fully saturated rings. The molecule has 9 aromatic carbocycles. The monoisotopic (exact) mass is 770 g/mol. The number of allylic oxidation sites excluding steroid dienone is 1. The molecule has 0 unspecified atom stereocenters. The summed E-state index contributed by atoms with van der Waals surface area (Å²) in [6, 6.07) is 74.8. The van der Waals surface area contributed by atoms with E-state index in [2.05, 4.69) is 168 Å². The van der Waals surface area contributed by atoms with Gasteiger partial charge in [0.2, 0.25) is 0 Å². The number of nitrogens with zero attached hydrogens (tertiary/aromatic N) is 2. The van der Waals surface area contributed by atoms with Gasteiger partial charge in [0.1, 0.15) is 0 Å². The van der Waals surface area contributed by atoms with Crippen LogP contribution < -0.4 is 5.73 Å². The second-order valence-corrected chi connectivity index (χ2v) is 15.3. The highest BCUT2D eigenvalue weighted by molar-refractivity contribution is 6.13.